The molecule has 1 fully saturated rings. The van der Waals surface area contributed by atoms with Crippen molar-refractivity contribution in [2.45, 2.75) is 52.5 Å². The van der Waals surface area contributed by atoms with E-state index in [1.807, 2.05) is 26.8 Å². The largest absolute Gasteiger partial charge is 0.316 e. The summed E-state index contributed by atoms with van der Waals surface area (Å²) in [6.07, 6.45) is 3.99. The van der Waals surface area contributed by atoms with Crippen LogP contribution in [-0.2, 0) is 12.0 Å². The van der Waals surface area contributed by atoms with Crippen LogP contribution in [0.5, 0.6) is 0 Å². The lowest BCUT2D eigenvalue weighted by atomic mass is 9.98. The number of piperidine rings is 1. The van der Waals surface area contributed by atoms with Crippen molar-refractivity contribution in [3.8, 4) is 0 Å². The Morgan fingerprint density at radius 1 is 1.39 bits per heavy atom. The Morgan fingerprint density at radius 2 is 2.14 bits per heavy atom. The molecule has 1 saturated heterocycles. The van der Waals surface area contributed by atoms with E-state index >= 15 is 0 Å². The van der Waals surface area contributed by atoms with Crippen LogP contribution in [0.1, 0.15) is 54.5 Å². The SMILES string of the molecule is Cc1ccn(CC2CCCNC2)c(=O)c1C(=O)Nc1nnc(C(C)(C)C)s1.Cl. The average molecular weight is 426 g/mol. The van der Waals surface area contributed by atoms with E-state index in [9.17, 15) is 9.59 Å². The minimum Gasteiger partial charge on any atom is -0.316 e. The maximum atomic E-state index is 12.9. The van der Waals surface area contributed by atoms with Crippen LogP contribution in [0.25, 0.3) is 0 Å². The van der Waals surface area contributed by atoms with Crippen molar-refractivity contribution in [1.29, 1.82) is 0 Å². The summed E-state index contributed by atoms with van der Waals surface area (Å²) in [5.41, 5.74) is 0.452. The molecule has 0 aromatic carbocycles. The van der Waals surface area contributed by atoms with Crippen molar-refractivity contribution in [1.82, 2.24) is 20.1 Å². The maximum absolute atomic E-state index is 12.9. The summed E-state index contributed by atoms with van der Waals surface area (Å²) in [6, 6.07) is 1.83. The van der Waals surface area contributed by atoms with E-state index in [0.29, 0.717) is 23.2 Å². The fourth-order valence-corrected chi connectivity index (χ4v) is 3.98. The smallest absolute Gasteiger partial charge is 0.263 e. The van der Waals surface area contributed by atoms with E-state index in [1.54, 1.807) is 17.7 Å². The van der Waals surface area contributed by atoms with E-state index in [4.69, 9.17) is 0 Å². The molecule has 2 aromatic rings. The molecule has 3 heterocycles. The minimum absolute atomic E-state index is 0. The standard InChI is InChI=1S/C19H27N5O2S.ClH/c1-12-7-9-24(11-13-6-5-8-20-10-13)16(26)14(12)15(25)21-18-23-22-17(27-18)19(2,3)4;/h7,9,13,20H,5-6,8,10-11H2,1-4H3,(H,21,23,25);1H. The molecule has 1 amide bonds. The van der Waals surface area contributed by atoms with E-state index in [1.165, 1.54) is 11.3 Å². The number of aromatic nitrogens is 3. The van der Waals surface area contributed by atoms with Crippen LogP contribution in [-0.4, -0.2) is 33.8 Å². The van der Waals surface area contributed by atoms with E-state index in [0.717, 1.165) is 30.9 Å². The first kappa shape index (κ1) is 22.5. The van der Waals surface area contributed by atoms with Crippen molar-refractivity contribution in [2.75, 3.05) is 18.4 Å². The summed E-state index contributed by atoms with van der Waals surface area (Å²) in [5, 5.41) is 15.5. The molecular weight excluding hydrogens is 398 g/mol. The van der Waals surface area contributed by atoms with Gasteiger partial charge in [0.05, 0.1) is 0 Å². The zero-order valence-electron chi connectivity index (χ0n) is 16.7. The number of rotatable bonds is 4. The third kappa shape index (κ3) is 5.18. The number of pyridine rings is 1. The summed E-state index contributed by atoms with van der Waals surface area (Å²) >= 11 is 1.34. The summed E-state index contributed by atoms with van der Waals surface area (Å²) < 4.78 is 1.65. The topological polar surface area (TPSA) is 88.9 Å². The molecule has 1 unspecified atom stereocenters. The fraction of sp³-hybridized carbons (Fsp3) is 0.579. The van der Waals surface area contributed by atoms with Gasteiger partial charge in [-0.2, -0.15) is 0 Å². The number of halogens is 1. The fourth-order valence-electron chi connectivity index (χ4n) is 3.18. The van der Waals surface area contributed by atoms with Gasteiger partial charge in [-0.15, -0.1) is 22.6 Å². The van der Waals surface area contributed by atoms with Gasteiger partial charge in [0.25, 0.3) is 11.5 Å². The number of hydrogen-bond acceptors (Lipinski definition) is 6. The first-order chi connectivity index (χ1) is 12.8. The van der Waals surface area contributed by atoms with Crippen molar-refractivity contribution >= 4 is 34.8 Å². The molecule has 3 rings (SSSR count). The minimum atomic E-state index is -0.426. The van der Waals surface area contributed by atoms with Crippen molar-refractivity contribution in [3.63, 3.8) is 0 Å². The van der Waals surface area contributed by atoms with Crippen LogP contribution in [0.4, 0.5) is 5.13 Å². The molecule has 2 N–H and O–H groups in total. The molecule has 0 saturated carbocycles. The van der Waals surface area contributed by atoms with Gasteiger partial charge in [-0.05, 0) is 50.4 Å². The Bertz CT molecular complexity index is 881. The van der Waals surface area contributed by atoms with Crippen molar-refractivity contribution in [2.24, 2.45) is 5.92 Å². The summed E-state index contributed by atoms with van der Waals surface area (Å²) in [7, 11) is 0. The van der Waals surface area contributed by atoms with Crippen molar-refractivity contribution in [3.05, 3.63) is 38.8 Å². The highest BCUT2D eigenvalue weighted by atomic mass is 35.5. The van der Waals surface area contributed by atoms with Gasteiger partial charge in [-0.25, -0.2) is 0 Å². The van der Waals surface area contributed by atoms with E-state index in [2.05, 4.69) is 20.8 Å². The van der Waals surface area contributed by atoms with Crippen LogP contribution in [0.15, 0.2) is 17.1 Å². The van der Waals surface area contributed by atoms with Gasteiger partial charge in [0.2, 0.25) is 5.13 Å². The highest BCUT2D eigenvalue weighted by Crippen LogP contribution is 2.27. The summed E-state index contributed by atoms with van der Waals surface area (Å²) in [6.45, 7) is 10.5. The Balaban J connectivity index is 0.00000280. The second kappa shape index (κ2) is 9.15. The van der Waals surface area contributed by atoms with Gasteiger partial charge in [0, 0.05) is 18.2 Å². The molecule has 7 nitrogen and oxygen atoms in total. The molecule has 28 heavy (non-hydrogen) atoms. The van der Waals surface area contributed by atoms with Gasteiger partial charge in [0.15, 0.2) is 0 Å². The highest BCUT2D eigenvalue weighted by Gasteiger charge is 2.22. The molecule has 0 aliphatic carbocycles. The lowest BCUT2D eigenvalue weighted by molar-refractivity contribution is 0.102. The third-order valence-electron chi connectivity index (χ3n) is 4.74. The lowest BCUT2D eigenvalue weighted by Gasteiger charge is -2.23. The molecular formula is C19H28ClN5O2S. The van der Waals surface area contributed by atoms with E-state index in [-0.39, 0.29) is 28.9 Å². The first-order valence-corrected chi connectivity index (χ1v) is 10.1. The van der Waals surface area contributed by atoms with Crippen LogP contribution in [0.2, 0.25) is 0 Å². The Kier molecular flexibility index (Phi) is 7.36. The summed E-state index contributed by atoms with van der Waals surface area (Å²) in [5.74, 6) is -0.0159. The van der Waals surface area contributed by atoms with Gasteiger partial charge in [-0.1, -0.05) is 32.1 Å². The normalized spacial score (nSPS) is 17.1. The molecule has 1 atom stereocenters. The number of nitrogens with zero attached hydrogens (tertiary/aromatic N) is 3. The number of carbonyl (C=O) groups is 1. The lowest BCUT2D eigenvalue weighted by Crippen LogP contribution is -2.36. The Morgan fingerprint density at radius 3 is 2.75 bits per heavy atom. The number of carbonyl (C=O) groups excluding carboxylic acids is 1. The Labute approximate surface area is 175 Å². The van der Waals surface area contributed by atoms with Gasteiger partial charge in [0.1, 0.15) is 10.6 Å². The van der Waals surface area contributed by atoms with Crippen LogP contribution in [0.3, 0.4) is 0 Å². The monoisotopic (exact) mass is 425 g/mol. The predicted octanol–water partition coefficient (Wildman–Crippen LogP) is 2.98. The second-order valence-corrected chi connectivity index (χ2v) is 9.14. The number of hydrogen-bond donors (Lipinski definition) is 2. The molecule has 0 radical (unpaired) electrons. The number of amides is 1. The molecule has 0 spiro atoms. The number of nitrogens with one attached hydrogen (secondary N) is 2. The van der Waals surface area contributed by atoms with Gasteiger partial charge < -0.3 is 9.88 Å². The summed E-state index contributed by atoms with van der Waals surface area (Å²) in [4.78, 5) is 25.7. The first-order valence-electron chi connectivity index (χ1n) is 9.32. The quantitative estimate of drug-likeness (QED) is 0.786. The van der Waals surface area contributed by atoms with Gasteiger partial charge >= 0.3 is 0 Å². The zero-order valence-corrected chi connectivity index (χ0v) is 18.4. The van der Waals surface area contributed by atoms with E-state index < -0.39 is 5.91 Å². The molecule has 154 valence electrons. The highest BCUT2D eigenvalue weighted by molar-refractivity contribution is 7.15. The molecule has 0 bridgehead atoms. The average Bonchev–Trinajstić information content (AvgIpc) is 3.07. The van der Waals surface area contributed by atoms with Gasteiger partial charge in [-0.3, -0.25) is 14.9 Å². The van der Waals surface area contributed by atoms with Crippen LogP contribution >= 0.6 is 23.7 Å². The molecule has 1 aliphatic rings. The van der Waals surface area contributed by atoms with Crippen LogP contribution < -0.4 is 16.2 Å². The number of anilines is 1. The predicted molar refractivity (Wildman–Crippen MR) is 115 cm³/mol. The zero-order chi connectivity index (χ0) is 19.6. The number of aryl methyl sites for hydroxylation is 1. The molecule has 9 heteroatoms. The maximum Gasteiger partial charge on any atom is 0.263 e. The molecule has 1 aliphatic heterocycles. The molecule has 2 aromatic heterocycles. The van der Waals surface area contributed by atoms with Crippen LogP contribution in [0, 0.1) is 12.8 Å². The Hall–Kier alpha value is -1.77. The van der Waals surface area contributed by atoms with Crippen molar-refractivity contribution < 1.29 is 4.79 Å². The third-order valence-corrected chi connectivity index (χ3v) is 6.01. The second-order valence-electron chi connectivity index (χ2n) is 8.16.